The van der Waals surface area contributed by atoms with Crippen LogP contribution >= 0.6 is 0 Å². The number of nitrogens with zero attached hydrogens (tertiary/aromatic N) is 1. The van der Waals surface area contributed by atoms with Gasteiger partial charge in [0.1, 0.15) is 12.0 Å². The summed E-state index contributed by atoms with van der Waals surface area (Å²) in [6.45, 7) is 2.14. The Morgan fingerprint density at radius 3 is 2.57 bits per heavy atom. The summed E-state index contributed by atoms with van der Waals surface area (Å²) < 4.78 is 5.21. The third kappa shape index (κ3) is 3.44. The van der Waals surface area contributed by atoms with Crippen LogP contribution in [0.4, 0.5) is 0 Å². The maximum absolute atomic E-state index is 11.9. The third-order valence-electron chi connectivity index (χ3n) is 4.20. The molecule has 2 aliphatic rings. The summed E-state index contributed by atoms with van der Waals surface area (Å²) in [6, 6.07) is 1.90. The van der Waals surface area contributed by atoms with E-state index in [1.165, 1.54) is 6.26 Å². The fourth-order valence-electron chi connectivity index (χ4n) is 2.72. The Bertz CT molecular complexity index is 528. The van der Waals surface area contributed by atoms with Gasteiger partial charge < -0.3 is 19.7 Å². The molecule has 0 spiro atoms. The molecule has 2 fully saturated rings. The molecule has 0 bridgehead atoms. The number of carboxylic acid groups (broad SMARTS) is 1. The van der Waals surface area contributed by atoms with E-state index in [1.807, 2.05) is 4.90 Å². The fourth-order valence-corrected chi connectivity index (χ4v) is 2.72. The largest absolute Gasteiger partial charge is 0.478 e. The molecule has 1 saturated heterocycles. The first kappa shape index (κ1) is 14.1. The van der Waals surface area contributed by atoms with Crippen LogP contribution in [-0.2, 0) is 11.3 Å². The van der Waals surface area contributed by atoms with Crippen LogP contribution < -0.4 is 5.32 Å². The van der Waals surface area contributed by atoms with Crippen molar-refractivity contribution in [2.24, 2.45) is 5.92 Å². The highest BCUT2D eigenvalue weighted by Crippen LogP contribution is 2.31. The van der Waals surface area contributed by atoms with Crippen LogP contribution in [-0.4, -0.2) is 41.0 Å². The number of carboxylic acids is 1. The number of hydrogen-bond donors (Lipinski definition) is 2. The second-order valence-electron chi connectivity index (χ2n) is 5.86. The lowest BCUT2D eigenvalue weighted by Gasteiger charge is -2.32. The van der Waals surface area contributed by atoms with Crippen molar-refractivity contribution in [3.8, 4) is 0 Å². The fraction of sp³-hybridized carbons (Fsp3) is 0.600. The first-order valence-electron chi connectivity index (χ1n) is 7.46. The molecule has 1 aliphatic heterocycles. The van der Waals surface area contributed by atoms with Crippen LogP contribution in [0.1, 0.15) is 41.8 Å². The van der Waals surface area contributed by atoms with E-state index in [2.05, 4.69) is 5.32 Å². The molecule has 2 N–H and O–H groups in total. The van der Waals surface area contributed by atoms with Crippen molar-refractivity contribution in [1.29, 1.82) is 0 Å². The van der Waals surface area contributed by atoms with Gasteiger partial charge >= 0.3 is 5.97 Å². The molecule has 1 aliphatic carbocycles. The van der Waals surface area contributed by atoms with Gasteiger partial charge in [-0.25, -0.2) is 4.79 Å². The smallest absolute Gasteiger partial charge is 0.338 e. The van der Waals surface area contributed by atoms with Crippen LogP contribution in [0, 0.1) is 5.92 Å². The van der Waals surface area contributed by atoms with E-state index in [-0.39, 0.29) is 5.56 Å². The van der Waals surface area contributed by atoms with Gasteiger partial charge in [0.2, 0.25) is 5.91 Å². The molecule has 1 amide bonds. The average Bonchev–Trinajstić information content (AvgIpc) is 3.23. The summed E-state index contributed by atoms with van der Waals surface area (Å²) in [7, 11) is 0. The summed E-state index contributed by atoms with van der Waals surface area (Å²) in [4.78, 5) is 24.7. The van der Waals surface area contributed by atoms with Gasteiger partial charge in [0.05, 0.1) is 12.1 Å². The molecule has 1 saturated carbocycles. The van der Waals surface area contributed by atoms with Crippen molar-refractivity contribution < 1.29 is 19.1 Å². The van der Waals surface area contributed by atoms with Crippen molar-refractivity contribution in [1.82, 2.24) is 10.2 Å². The van der Waals surface area contributed by atoms with Gasteiger partial charge in [-0.1, -0.05) is 0 Å². The summed E-state index contributed by atoms with van der Waals surface area (Å²) in [5.41, 5.74) is 0.177. The van der Waals surface area contributed by atoms with E-state index in [9.17, 15) is 9.59 Å². The molecule has 0 aromatic carbocycles. The maximum Gasteiger partial charge on any atom is 0.338 e. The standard InChI is InChI=1S/C15H20N2O4/c18-14(10-1-2-10)17-5-3-12(4-6-17)16-8-13-7-11(9-21-13)15(19)20/h7,9-10,12,16H,1-6,8H2,(H,19,20). The quantitative estimate of drug-likeness (QED) is 0.858. The molecule has 21 heavy (non-hydrogen) atoms. The van der Waals surface area contributed by atoms with E-state index in [1.54, 1.807) is 6.07 Å². The number of nitrogens with one attached hydrogen (secondary N) is 1. The molecule has 0 unspecified atom stereocenters. The number of carbonyl (C=O) groups excluding carboxylic acids is 1. The van der Waals surface area contributed by atoms with Crippen molar-refractivity contribution in [2.75, 3.05) is 13.1 Å². The van der Waals surface area contributed by atoms with Crippen molar-refractivity contribution >= 4 is 11.9 Å². The zero-order valence-corrected chi connectivity index (χ0v) is 11.9. The van der Waals surface area contributed by atoms with Crippen LogP contribution in [0.15, 0.2) is 16.7 Å². The highest BCUT2D eigenvalue weighted by atomic mass is 16.4. The molecular weight excluding hydrogens is 272 g/mol. The van der Waals surface area contributed by atoms with E-state index >= 15 is 0 Å². The summed E-state index contributed by atoms with van der Waals surface area (Å²) >= 11 is 0. The van der Waals surface area contributed by atoms with Crippen LogP contribution in [0.2, 0.25) is 0 Å². The molecule has 0 atom stereocenters. The second kappa shape index (κ2) is 5.89. The molecule has 114 valence electrons. The normalized spacial score (nSPS) is 19.7. The Labute approximate surface area is 123 Å². The van der Waals surface area contributed by atoms with Gasteiger partial charge in [-0.3, -0.25) is 4.79 Å². The maximum atomic E-state index is 11.9. The first-order valence-corrected chi connectivity index (χ1v) is 7.46. The molecule has 6 heteroatoms. The number of likely N-dealkylation sites (tertiary alicyclic amines) is 1. The lowest BCUT2D eigenvalue weighted by atomic mass is 10.0. The van der Waals surface area contributed by atoms with Crippen molar-refractivity contribution in [3.05, 3.63) is 23.7 Å². The Morgan fingerprint density at radius 2 is 2.00 bits per heavy atom. The predicted octanol–water partition coefficient (Wildman–Crippen LogP) is 1.47. The van der Waals surface area contributed by atoms with Gasteiger partial charge in [-0.2, -0.15) is 0 Å². The number of hydrogen-bond acceptors (Lipinski definition) is 4. The third-order valence-corrected chi connectivity index (χ3v) is 4.20. The predicted molar refractivity (Wildman–Crippen MR) is 74.8 cm³/mol. The Kier molecular flexibility index (Phi) is 3.96. The SMILES string of the molecule is O=C(O)c1coc(CNC2CCN(C(=O)C3CC3)CC2)c1. The van der Waals surface area contributed by atoms with Gasteiger partial charge in [-0.15, -0.1) is 0 Å². The number of furan rings is 1. The van der Waals surface area contributed by atoms with Crippen molar-refractivity contribution in [2.45, 2.75) is 38.3 Å². The summed E-state index contributed by atoms with van der Waals surface area (Å²) in [5, 5.41) is 12.2. The minimum absolute atomic E-state index is 0.177. The topological polar surface area (TPSA) is 82.8 Å². The highest BCUT2D eigenvalue weighted by Gasteiger charge is 2.34. The molecule has 3 rings (SSSR count). The second-order valence-corrected chi connectivity index (χ2v) is 5.86. The number of amides is 1. The minimum Gasteiger partial charge on any atom is -0.478 e. The number of carbonyl (C=O) groups is 2. The molecule has 6 nitrogen and oxygen atoms in total. The minimum atomic E-state index is -0.975. The van der Waals surface area contributed by atoms with Crippen molar-refractivity contribution in [3.63, 3.8) is 0 Å². The average molecular weight is 292 g/mol. The highest BCUT2D eigenvalue weighted by molar-refractivity contribution is 5.87. The number of rotatable bonds is 5. The Morgan fingerprint density at radius 1 is 1.29 bits per heavy atom. The van der Waals surface area contributed by atoms with E-state index in [0.29, 0.717) is 30.2 Å². The lowest BCUT2D eigenvalue weighted by molar-refractivity contribution is -0.133. The Hall–Kier alpha value is -1.82. The first-order chi connectivity index (χ1) is 10.1. The van der Waals surface area contributed by atoms with Crippen LogP contribution in [0.25, 0.3) is 0 Å². The molecule has 0 radical (unpaired) electrons. The number of piperidine rings is 1. The van der Waals surface area contributed by atoms with Crippen LogP contribution in [0.3, 0.4) is 0 Å². The zero-order valence-electron chi connectivity index (χ0n) is 11.9. The zero-order chi connectivity index (χ0) is 14.8. The monoisotopic (exact) mass is 292 g/mol. The Balaban J connectivity index is 1.42. The molecular formula is C15H20N2O4. The molecule has 2 heterocycles. The van der Waals surface area contributed by atoms with Gasteiger partial charge in [0, 0.05) is 25.0 Å². The van der Waals surface area contributed by atoms with Gasteiger partial charge in [0.15, 0.2) is 0 Å². The molecule has 1 aromatic heterocycles. The molecule has 1 aromatic rings. The van der Waals surface area contributed by atoms with E-state index < -0.39 is 5.97 Å². The van der Waals surface area contributed by atoms with Gasteiger partial charge in [0.25, 0.3) is 0 Å². The summed E-state index contributed by atoms with van der Waals surface area (Å²) in [6.07, 6.45) is 5.25. The van der Waals surface area contributed by atoms with E-state index in [4.69, 9.17) is 9.52 Å². The van der Waals surface area contributed by atoms with Crippen LogP contribution in [0.5, 0.6) is 0 Å². The number of aromatic carboxylic acids is 1. The van der Waals surface area contributed by atoms with E-state index in [0.717, 1.165) is 38.8 Å². The lowest BCUT2D eigenvalue weighted by Crippen LogP contribution is -2.45. The van der Waals surface area contributed by atoms with Gasteiger partial charge in [-0.05, 0) is 31.7 Å². The summed E-state index contributed by atoms with van der Waals surface area (Å²) in [5.74, 6) is 0.276.